The van der Waals surface area contributed by atoms with Gasteiger partial charge in [-0.25, -0.2) is 0 Å². The highest BCUT2D eigenvalue weighted by Crippen LogP contribution is 2.35. The van der Waals surface area contributed by atoms with E-state index in [-0.39, 0.29) is 5.75 Å². The molecule has 0 saturated heterocycles. The van der Waals surface area contributed by atoms with Crippen LogP contribution in [0.5, 0.6) is 17.2 Å². The van der Waals surface area contributed by atoms with Gasteiger partial charge in [-0.05, 0) is 18.6 Å². The van der Waals surface area contributed by atoms with Crippen LogP contribution in [0.25, 0.3) is 0 Å². The lowest BCUT2D eigenvalue weighted by molar-refractivity contribution is 0.270. The van der Waals surface area contributed by atoms with Crippen molar-refractivity contribution in [2.45, 2.75) is 71.1 Å². The third-order valence-corrected chi connectivity index (χ3v) is 3.92. The van der Waals surface area contributed by atoms with E-state index >= 15 is 0 Å². The molecule has 0 aliphatic rings. The largest absolute Gasteiger partial charge is 0.504 e. The van der Waals surface area contributed by atoms with Crippen LogP contribution in [0.4, 0.5) is 0 Å². The van der Waals surface area contributed by atoms with Crippen LogP contribution in [0.1, 0.15) is 71.1 Å². The van der Waals surface area contributed by atoms with Gasteiger partial charge < -0.3 is 14.6 Å². The highest BCUT2D eigenvalue weighted by atomic mass is 16.5. The summed E-state index contributed by atoms with van der Waals surface area (Å²) in [4.78, 5) is 0. The standard InChI is InChI=1S/C19H32O3/c1-3-4-5-6-7-8-9-10-11-12-16-22-19-17(20)14-13-15-18(19)21-2/h13-15,20H,3-12,16H2,1-2H3. The highest BCUT2D eigenvalue weighted by Gasteiger charge is 2.08. The van der Waals surface area contributed by atoms with Gasteiger partial charge in [0.25, 0.3) is 0 Å². The molecule has 1 aromatic rings. The zero-order valence-corrected chi connectivity index (χ0v) is 14.3. The van der Waals surface area contributed by atoms with Crippen molar-refractivity contribution >= 4 is 0 Å². The van der Waals surface area contributed by atoms with E-state index < -0.39 is 0 Å². The van der Waals surface area contributed by atoms with Gasteiger partial charge in [0.15, 0.2) is 11.5 Å². The van der Waals surface area contributed by atoms with Gasteiger partial charge in [0.1, 0.15) is 0 Å². The Morgan fingerprint density at radius 2 is 1.45 bits per heavy atom. The Morgan fingerprint density at radius 3 is 2.05 bits per heavy atom. The number of phenolic OH excluding ortho intramolecular Hbond substituents is 1. The van der Waals surface area contributed by atoms with E-state index in [1.165, 1.54) is 57.8 Å². The maximum atomic E-state index is 9.78. The molecule has 0 bridgehead atoms. The number of phenols is 1. The van der Waals surface area contributed by atoms with Gasteiger partial charge in [0, 0.05) is 0 Å². The van der Waals surface area contributed by atoms with Gasteiger partial charge in [-0.15, -0.1) is 0 Å². The van der Waals surface area contributed by atoms with Crippen molar-refractivity contribution in [3.05, 3.63) is 18.2 Å². The first kappa shape index (κ1) is 18.7. The highest BCUT2D eigenvalue weighted by molar-refractivity contribution is 5.50. The molecule has 3 heteroatoms. The van der Waals surface area contributed by atoms with Gasteiger partial charge >= 0.3 is 0 Å². The molecule has 0 aliphatic carbocycles. The molecule has 1 aromatic carbocycles. The van der Waals surface area contributed by atoms with Gasteiger partial charge in [0.2, 0.25) is 5.75 Å². The first-order chi connectivity index (χ1) is 10.8. The SMILES string of the molecule is CCCCCCCCCCCCOc1c(O)cccc1OC. The molecule has 0 fully saturated rings. The summed E-state index contributed by atoms with van der Waals surface area (Å²) in [5, 5.41) is 9.78. The van der Waals surface area contributed by atoms with Crippen LogP contribution in [-0.4, -0.2) is 18.8 Å². The van der Waals surface area contributed by atoms with Crippen LogP contribution in [0.15, 0.2) is 18.2 Å². The predicted molar refractivity (Wildman–Crippen MR) is 92.0 cm³/mol. The lowest BCUT2D eigenvalue weighted by Crippen LogP contribution is -1.99. The zero-order valence-electron chi connectivity index (χ0n) is 14.3. The number of ether oxygens (including phenoxy) is 2. The molecule has 0 aromatic heterocycles. The Morgan fingerprint density at radius 1 is 0.864 bits per heavy atom. The minimum Gasteiger partial charge on any atom is -0.504 e. The minimum absolute atomic E-state index is 0.145. The molecule has 0 unspecified atom stereocenters. The van der Waals surface area contributed by atoms with Crippen molar-refractivity contribution in [1.29, 1.82) is 0 Å². The number of aromatic hydroxyl groups is 1. The Kier molecular flexibility index (Phi) is 10.3. The maximum absolute atomic E-state index is 9.78. The number of rotatable bonds is 13. The topological polar surface area (TPSA) is 38.7 Å². The fourth-order valence-corrected chi connectivity index (χ4v) is 2.57. The molecule has 3 nitrogen and oxygen atoms in total. The zero-order chi connectivity index (χ0) is 16.0. The average Bonchev–Trinajstić information content (AvgIpc) is 2.53. The number of methoxy groups -OCH3 is 1. The molecular weight excluding hydrogens is 276 g/mol. The normalized spacial score (nSPS) is 10.6. The summed E-state index contributed by atoms with van der Waals surface area (Å²) in [6.45, 7) is 2.89. The third-order valence-electron chi connectivity index (χ3n) is 3.92. The number of para-hydroxylation sites is 1. The molecule has 0 heterocycles. The van der Waals surface area contributed by atoms with Crippen LogP contribution in [-0.2, 0) is 0 Å². The first-order valence-corrected chi connectivity index (χ1v) is 8.78. The Labute approximate surface area is 135 Å². The van der Waals surface area contributed by atoms with Gasteiger partial charge in [-0.3, -0.25) is 0 Å². The second-order valence-corrected chi connectivity index (χ2v) is 5.84. The van der Waals surface area contributed by atoms with Gasteiger partial charge in [0.05, 0.1) is 13.7 Å². The monoisotopic (exact) mass is 308 g/mol. The van der Waals surface area contributed by atoms with E-state index in [1.54, 1.807) is 25.3 Å². The minimum atomic E-state index is 0.145. The molecule has 0 radical (unpaired) electrons. The summed E-state index contributed by atoms with van der Waals surface area (Å²) in [6.07, 6.45) is 13.0. The fraction of sp³-hybridized carbons (Fsp3) is 0.684. The Hall–Kier alpha value is -1.38. The molecule has 1 rings (SSSR count). The van der Waals surface area contributed by atoms with Crippen LogP contribution in [0.3, 0.4) is 0 Å². The van der Waals surface area contributed by atoms with E-state index in [2.05, 4.69) is 6.92 Å². The van der Waals surface area contributed by atoms with E-state index in [0.717, 1.165) is 6.42 Å². The van der Waals surface area contributed by atoms with Crippen LogP contribution >= 0.6 is 0 Å². The molecular formula is C19H32O3. The molecule has 0 saturated carbocycles. The second kappa shape index (κ2) is 12.2. The quantitative estimate of drug-likeness (QED) is 0.475. The predicted octanol–water partition coefficient (Wildman–Crippen LogP) is 5.70. The lowest BCUT2D eigenvalue weighted by atomic mass is 10.1. The number of benzene rings is 1. The average molecular weight is 308 g/mol. The van der Waals surface area contributed by atoms with Crippen molar-refractivity contribution in [1.82, 2.24) is 0 Å². The molecule has 0 atom stereocenters. The fourth-order valence-electron chi connectivity index (χ4n) is 2.57. The second-order valence-electron chi connectivity index (χ2n) is 5.84. The third kappa shape index (κ3) is 7.58. The van der Waals surface area contributed by atoms with Crippen molar-refractivity contribution in [3.63, 3.8) is 0 Å². The molecule has 0 amide bonds. The Bertz CT molecular complexity index is 390. The smallest absolute Gasteiger partial charge is 0.203 e. The van der Waals surface area contributed by atoms with Crippen molar-refractivity contribution in [3.8, 4) is 17.2 Å². The van der Waals surface area contributed by atoms with Crippen LogP contribution < -0.4 is 9.47 Å². The molecule has 1 N–H and O–H groups in total. The molecule has 0 aliphatic heterocycles. The maximum Gasteiger partial charge on any atom is 0.203 e. The summed E-state index contributed by atoms with van der Waals surface area (Å²) < 4.78 is 10.8. The lowest BCUT2D eigenvalue weighted by Gasteiger charge is -2.11. The van der Waals surface area contributed by atoms with Gasteiger partial charge in [-0.1, -0.05) is 70.8 Å². The van der Waals surface area contributed by atoms with E-state index in [4.69, 9.17) is 9.47 Å². The van der Waals surface area contributed by atoms with Crippen LogP contribution in [0.2, 0.25) is 0 Å². The number of unbranched alkanes of at least 4 members (excludes halogenated alkanes) is 9. The van der Waals surface area contributed by atoms with E-state index in [0.29, 0.717) is 18.1 Å². The summed E-state index contributed by atoms with van der Waals surface area (Å²) >= 11 is 0. The molecule has 0 spiro atoms. The van der Waals surface area contributed by atoms with Crippen molar-refractivity contribution in [2.24, 2.45) is 0 Å². The molecule has 22 heavy (non-hydrogen) atoms. The van der Waals surface area contributed by atoms with E-state index in [1.807, 2.05) is 0 Å². The van der Waals surface area contributed by atoms with Crippen LogP contribution in [0, 0.1) is 0 Å². The first-order valence-electron chi connectivity index (χ1n) is 8.78. The summed E-state index contributed by atoms with van der Waals surface area (Å²) in [7, 11) is 1.59. The van der Waals surface area contributed by atoms with Gasteiger partial charge in [-0.2, -0.15) is 0 Å². The number of hydrogen-bond donors (Lipinski definition) is 1. The van der Waals surface area contributed by atoms with E-state index in [9.17, 15) is 5.11 Å². The van der Waals surface area contributed by atoms with Crippen molar-refractivity contribution < 1.29 is 14.6 Å². The van der Waals surface area contributed by atoms with Crippen molar-refractivity contribution in [2.75, 3.05) is 13.7 Å². The molecule has 126 valence electrons. The summed E-state index contributed by atoms with van der Waals surface area (Å²) in [6, 6.07) is 5.17. The summed E-state index contributed by atoms with van der Waals surface area (Å²) in [5.74, 6) is 1.19. The Balaban J connectivity index is 2.02. The summed E-state index contributed by atoms with van der Waals surface area (Å²) in [5.41, 5.74) is 0. The number of hydrogen-bond acceptors (Lipinski definition) is 3.